The van der Waals surface area contributed by atoms with Gasteiger partial charge in [-0.15, -0.1) is 11.8 Å². The number of esters is 1. The van der Waals surface area contributed by atoms with Crippen molar-refractivity contribution in [1.29, 1.82) is 0 Å². The summed E-state index contributed by atoms with van der Waals surface area (Å²) < 4.78 is 4.86. The molecule has 7 rings (SSSR count). The zero-order valence-corrected chi connectivity index (χ0v) is 22.1. The lowest BCUT2D eigenvalue weighted by Crippen LogP contribution is -2.61. The van der Waals surface area contributed by atoms with E-state index in [1.807, 2.05) is 12.1 Å². The minimum absolute atomic E-state index is 0.0102. The second kappa shape index (κ2) is 9.82. The lowest BCUT2D eigenvalue weighted by molar-refractivity contribution is -0.141. The number of amides is 1. The Morgan fingerprint density at radius 2 is 1.92 bits per heavy atom. The van der Waals surface area contributed by atoms with Gasteiger partial charge in [-0.1, -0.05) is 12.8 Å². The molecule has 1 amide bonds. The second-order valence-electron chi connectivity index (χ2n) is 12.1. The maximum Gasteiger partial charge on any atom is 0.305 e. The van der Waals surface area contributed by atoms with Crippen molar-refractivity contribution in [3.8, 4) is 0 Å². The first-order valence-electron chi connectivity index (χ1n) is 13.9. The number of pyridine rings is 1. The second-order valence-corrected chi connectivity index (χ2v) is 13.4. The third kappa shape index (κ3) is 4.87. The minimum Gasteiger partial charge on any atom is -0.469 e. The molecule has 6 fully saturated rings. The third-order valence-electron chi connectivity index (χ3n) is 9.50. The lowest BCUT2D eigenvalue weighted by atomic mass is 9.52. The van der Waals surface area contributed by atoms with E-state index in [2.05, 4.69) is 10.2 Å². The van der Waals surface area contributed by atoms with Crippen LogP contribution in [0.3, 0.4) is 0 Å². The fourth-order valence-corrected chi connectivity index (χ4v) is 9.32. The van der Waals surface area contributed by atoms with Crippen LogP contribution in [0.5, 0.6) is 0 Å². The number of ether oxygens (including phenoxy) is 1. The first-order chi connectivity index (χ1) is 17.4. The number of carbonyl (C=O) groups excluding carboxylic acids is 2. The molecule has 1 aromatic heterocycles. The summed E-state index contributed by atoms with van der Waals surface area (Å²) >= 11 is 1.77. The SMILES string of the molecule is COC(=O)CC1CCN(c2ccc(C(=O)NC3C4CC5CC3CC(O)(C5)C4)c(SC3CCCC3)n2)C1. The summed E-state index contributed by atoms with van der Waals surface area (Å²) in [6.07, 6.45) is 11.1. The summed E-state index contributed by atoms with van der Waals surface area (Å²) in [5.74, 6) is 2.41. The van der Waals surface area contributed by atoms with Gasteiger partial charge in [-0.05, 0) is 87.2 Å². The number of rotatable bonds is 7. The van der Waals surface area contributed by atoms with E-state index in [0.717, 1.165) is 62.5 Å². The Kier molecular flexibility index (Phi) is 6.69. The van der Waals surface area contributed by atoms with Gasteiger partial charge in [0.1, 0.15) is 10.8 Å². The van der Waals surface area contributed by atoms with Crippen LogP contribution in [0.25, 0.3) is 0 Å². The average molecular weight is 514 g/mol. The zero-order valence-electron chi connectivity index (χ0n) is 21.3. The van der Waals surface area contributed by atoms with E-state index in [1.165, 1.54) is 32.8 Å². The molecule has 8 heteroatoms. The first kappa shape index (κ1) is 24.5. The highest BCUT2D eigenvalue weighted by molar-refractivity contribution is 7.99. The van der Waals surface area contributed by atoms with Crippen molar-refractivity contribution in [2.75, 3.05) is 25.1 Å². The van der Waals surface area contributed by atoms with Crippen LogP contribution in [0.1, 0.15) is 81.0 Å². The monoisotopic (exact) mass is 513 g/mol. The Morgan fingerprint density at radius 3 is 2.61 bits per heavy atom. The number of carbonyl (C=O) groups is 2. The van der Waals surface area contributed by atoms with E-state index in [-0.39, 0.29) is 23.8 Å². The standard InChI is InChI=1S/C28H39N3O4S/c1-35-24(32)12-17-8-9-31(16-17)23-7-6-22(27(29-23)36-21-4-2-3-5-21)26(33)30-25-19-10-18-11-20(25)15-28(34,13-18)14-19/h6-7,17-21,25,34H,2-5,8-16H2,1H3,(H,30,33). The Labute approximate surface area is 218 Å². The molecule has 5 saturated carbocycles. The molecule has 0 aromatic carbocycles. The summed E-state index contributed by atoms with van der Waals surface area (Å²) in [7, 11) is 1.44. The molecule has 6 aliphatic rings. The van der Waals surface area contributed by atoms with Gasteiger partial charge in [-0.25, -0.2) is 4.98 Å². The predicted molar refractivity (Wildman–Crippen MR) is 139 cm³/mol. The summed E-state index contributed by atoms with van der Waals surface area (Å²) in [5.41, 5.74) is 0.194. The van der Waals surface area contributed by atoms with Gasteiger partial charge in [0, 0.05) is 24.4 Å². The summed E-state index contributed by atoms with van der Waals surface area (Å²) in [6.45, 7) is 1.65. The molecular formula is C28H39N3O4S. The van der Waals surface area contributed by atoms with Crippen LogP contribution < -0.4 is 10.2 Å². The molecule has 1 saturated heterocycles. The average Bonchev–Trinajstić information content (AvgIpc) is 3.52. The highest BCUT2D eigenvalue weighted by atomic mass is 32.2. The van der Waals surface area contributed by atoms with E-state index in [9.17, 15) is 14.7 Å². The molecule has 2 N–H and O–H groups in total. The molecule has 0 spiro atoms. The number of hydrogen-bond donors (Lipinski definition) is 2. The summed E-state index contributed by atoms with van der Waals surface area (Å²) in [4.78, 5) is 32.7. The van der Waals surface area contributed by atoms with E-state index >= 15 is 0 Å². The van der Waals surface area contributed by atoms with Gasteiger partial charge in [0.05, 0.1) is 24.7 Å². The molecule has 1 aliphatic heterocycles. The summed E-state index contributed by atoms with van der Waals surface area (Å²) in [5, 5.41) is 15.7. The Bertz CT molecular complexity index is 997. The molecule has 3 atom stereocenters. The van der Waals surface area contributed by atoms with E-state index in [0.29, 0.717) is 35.0 Å². The molecule has 1 aromatic rings. The van der Waals surface area contributed by atoms with Gasteiger partial charge < -0.3 is 20.1 Å². The van der Waals surface area contributed by atoms with Crippen LogP contribution in [-0.2, 0) is 9.53 Å². The number of aliphatic hydroxyl groups is 1. The number of thioether (sulfide) groups is 1. The van der Waals surface area contributed by atoms with Crippen LogP contribution in [0.15, 0.2) is 17.2 Å². The normalized spacial score (nSPS) is 35.4. The van der Waals surface area contributed by atoms with Crippen molar-refractivity contribution in [1.82, 2.24) is 10.3 Å². The fraction of sp³-hybridized carbons (Fsp3) is 0.750. The minimum atomic E-state index is -0.494. The molecule has 5 aliphatic carbocycles. The predicted octanol–water partition coefficient (Wildman–Crippen LogP) is 4.18. The van der Waals surface area contributed by atoms with Crippen molar-refractivity contribution in [3.63, 3.8) is 0 Å². The van der Waals surface area contributed by atoms with Gasteiger partial charge in [0.15, 0.2) is 0 Å². The number of anilines is 1. The van der Waals surface area contributed by atoms with Crippen molar-refractivity contribution in [2.45, 2.75) is 92.5 Å². The molecule has 0 radical (unpaired) electrons. The molecule has 4 bridgehead atoms. The molecule has 36 heavy (non-hydrogen) atoms. The third-order valence-corrected chi connectivity index (χ3v) is 10.8. The number of aromatic nitrogens is 1. The topological polar surface area (TPSA) is 91.8 Å². The van der Waals surface area contributed by atoms with Crippen LogP contribution in [0.4, 0.5) is 5.82 Å². The Morgan fingerprint density at radius 1 is 1.17 bits per heavy atom. The maximum atomic E-state index is 13.7. The van der Waals surface area contributed by atoms with Crippen LogP contribution in [0, 0.1) is 23.7 Å². The number of methoxy groups -OCH3 is 1. The molecule has 2 heterocycles. The molecule has 7 nitrogen and oxygen atoms in total. The molecule has 196 valence electrons. The van der Waals surface area contributed by atoms with E-state index in [1.54, 1.807) is 11.8 Å². The van der Waals surface area contributed by atoms with Gasteiger partial charge in [0.2, 0.25) is 0 Å². The maximum absolute atomic E-state index is 13.7. The summed E-state index contributed by atoms with van der Waals surface area (Å²) in [6, 6.07) is 4.11. The Hall–Kier alpha value is -1.80. The Balaban J connectivity index is 1.19. The fourth-order valence-electron chi connectivity index (χ4n) is 8.01. The quantitative estimate of drug-likeness (QED) is 0.529. The smallest absolute Gasteiger partial charge is 0.305 e. The molecule has 3 unspecified atom stereocenters. The van der Waals surface area contributed by atoms with Gasteiger partial charge >= 0.3 is 5.97 Å². The first-order valence-corrected chi connectivity index (χ1v) is 14.8. The molecular weight excluding hydrogens is 474 g/mol. The van der Waals surface area contributed by atoms with Gasteiger partial charge in [0.25, 0.3) is 5.91 Å². The van der Waals surface area contributed by atoms with Crippen molar-refractivity contribution < 1.29 is 19.4 Å². The van der Waals surface area contributed by atoms with Gasteiger partial charge in [-0.2, -0.15) is 0 Å². The van der Waals surface area contributed by atoms with Crippen LogP contribution in [-0.4, -0.2) is 59.1 Å². The highest BCUT2D eigenvalue weighted by Crippen LogP contribution is 2.55. The van der Waals surface area contributed by atoms with E-state index in [4.69, 9.17) is 9.72 Å². The number of nitrogens with one attached hydrogen (secondary N) is 1. The lowest BCUT2D eigenvalue weighted by Gasteiger charge is -2.58. The van der Waals surface area contributed by atoms with Crippen LogP contribution in [0.2, 0.25) is 0 Å². The van der Waals surface area contributed by atoms with Crippen molar-refractivity contribution >= 4 is 29.5 Å². The largest absolute Gasteiger partial charge is 0.469 e. The number of nitrogens with zero attached hydrogens (tertiary/aromatic N) is 2. The van der Waals surface area contributed by atoms with Crippen molar-refractivity contribution in [2.24, 2.45) is 23.7 Å². The van der Waals surface area contributed by atoms with Crippen LogP contribution >= 0.6 is 11.8 Å². The van der Waals surface area contributed by atoms with Gasteiger partial charge in [-0.3, -0.25) is 9.59 Å². The highest BCUT2D eigenvalue weighted by Gasteiger charge is 2.55. The zero-order chi connectivity index (χ0) is 24.9. The van der Waals surface area contributed by atoms with Crippen molar-refractivity contribution in [3.05, 3.63) is 17.7 Å². The number of hydrogen-bond acceptors (Lipinski definition) is 7. The van der Waals surface area contributed by atoms with E-state index < -0.39 is 5.60 Å².